The molecule has 2 atom stereocenters. The van der Waals surface area contributed by atoms with Gasteiger partial charge in [-0.05, 0) is 37.0 Å². The molecule has 0 spiro atoms. The fraction of sp³-hybridized carbons (Fsp3) is 0.611. The highest BCUT2D eigenvalue weighted by molar-refractivity contribution is 6.30. The van der Waals surface area contributed by atoms with E-state index in [2.05, 4.69) is 4.90 Å². The van der Waals surface area contributed by atoms with Crippen LogP contribution >= 0.6 is 11.6 Å². The fourth-order valence-corrected chi connectivity index (χ4v) is 3.62. The average Bonchev–Trinajstić information content (AvgIpc) is 2.59. The Balaban J connectivity index is 1.66. The molecule has 0 aliphatic carbocycles. The van der Waals surface area contributed by atoms with Gasteiger partial charge in [0.1, 0.15) is 0 Å². The van der Waals surface area contributed by atoms with Gasteiger partial charge in [-0.15, -0.1) is 0 Å². The predicted molar refractivity (Wildman–Crippen MR) is 93.2 cm³/mol. The van der Waals surface area contributed by atoms with Crippen molar-refractivity contribution in [2.75, 3.05) is 39.4 Å². The Kier molecular flexibility index (Phi) is 6.11. The first-order valence-corrected chi connectivity index (χ1v) is 9.03. The summed E-state index contributed by atoms with van der Waals surface area (Å²) in [6.07, 6.45) is 1.79. The summed E-state index contributed by atoms with van der Waals surface area (Å²) in [5.41, 5.74) is 1.09. The number of carbonyl (C=O) groups excluding carboxylic acids is 1. The third-order valence-corrected chi connectivity index (χ3v) is 5.14. The maximum Gasteiger partial charge on any atom is 0.237 e. The number of hydrogen-bond donors (Lipinski definition) is 1. The van der Waals surface area contributed by atoms with Crippen LogP contribution in [-0.4, -0.2) is 72.4 Å². The summed E-state index contributed by atoms with van der Waals surface area (Å²) in [5, 5.41) is 11.2. The molecule has 0 saturated carbocycles. The van der Waals surface area contributed by atoms with Gasteiger partial charge in [0.25, 0.3) is 0 Å². The van der Waals surface area contributed by atoms with Crippen molar-refractivity contribution in [3.8, 4) is 0 Å². The monoisotopic (exact) mass is 352 g/mol. The zero-order valence-corrected chi connectivity index (χ0v) is 14.6. The molecule has 0 radical (unpaired) electrons. The number of aliphatic hydroxyl groups excluding tert-OH is 1. The van der Waals surface area contributed by atoms with Crippen molar-refractivity contribution < 1.29 is 14.6 Å². The Morgan fingerprint density at radius 3 is 2.62 bits per heavy atom. The van der Waals surface area contributed by atoms with Crippen LogP contribution in [-0.2, 0) is 16.0 Å². The summed E-state index contributed by atoms with van der Waals surface area (Å²) in [6.45, 7) is 4.09. The molecule has 1 aromatic carbocycles. The van der Waals surface area contributed by atoms with Crippen LogP contribution in [0.15, 0.2) is 24.3 Å². The Morgan fingerprint density at radius 2 is 1.92 bits per heavy atom. The molecule has 2 fully saturated rings. The van der Waals surface area contributed by atoms with Gasteiger partial charge in [-0.1, -0.05) is 23.7 Å². The summed E-state index contributed by atoms with van der Waals surface area (Å²) >= 11 is 5.94. The fourth-order valence-electron chi connectivity index (χ4n) is 3.50. The molecule has 3 rings (SSSR count). The van der Waals surface area contributed by atoms with E-state index in [1.807, 2.05) is 29.2 Å². The molecule has 2 aliphatic rings. The minimum Gasteiger partial charge on any atom is -0.391 e. The van der Waals surface area contributed by atoms with E-state index in [0.717, 1.165) is 38.0 Å². The van der Waals surface area contributed by atoms with E-state index in [1.165, 1.54) is 0 Å². The van der Waals surface area contributed by atoms with Gasteiger partial charge < -0.3 is 14.7 Å². The van der Waals surface area contributed by atoms with E-state index in [9.17, 15) is 9.90 Å². The molecule has 0 aromatic heterocycles. The van der Waals surface area contributed by atoms with Crippen LogP contribution in [0.5, 0.6) is 0 Å². The van der Waals surface area contributed by atoms with Gasteiger partial charge in [0.2, 0.25) is 5.91 Å². The summed E-state index contributed by atoms with van der Waals surface area (Å²) in [4.78, 5) is 16.8. The first-order valence-electron chi connectivity index (χ1n) is 8.65. The number of rotatable bonds is 4. The topological polar surface area (TPSA) is 53.0 Å². The molecule has 132 valence electrons. The number of carbonyl (C=O) groups is 1. The highest BCUT2D eigenvalue weighted by atomic mass is 35.5. The molecule has 2 heterocycles. The highest BCUT2D eigenvalue weighted by Gasteiger charge is 2.33. The number of aliphatic hydroxyl groups is 1. The van der Waals surface area contributed by atoms with Crippen LogP contribution < -0.4 is 0 Å². The maximum atomic E-state index is 12.8. The summed E-state index contributed by atoms with van der Waals surface area (Å²) in [5.74, 6) is 0.106. The van der Waals surface area contributed by atoms with Gasteiger partial charge in [0.15, 0.2) is 0 Å². The lowest BCUT2D eigenvalue weighted by atomic mass is 9.93. The Hall–Kier alpha value is -1.14. The van der Waals surface area contributed by atoms with Gasteiger partial charge in [-0.3, -0.25) is 9.69 Å². The van der Waals surface area contributed by atoms with Crippen LogP contribution in [0.4, 0.5) is 0 Å². The van der Waals surface area contributed by atoms with E-state index in [0.29, 0.717) is 31.2 Å². The van der Waals surface area contributed by atoms with E-state index in [4.69, 9.17) is 16.3 Å². The Morgan fingerprint density at radius 1 is 1.21 bits per heavy atom. The number of piperidine rings is 1. The second kappa shape index (κ2) is 8.30. The number of nitrogens with zero attached hydrogens (tertiary/aromatic N) is 2. The quantitative estimate of drug-likeness (QED) is 0.893. The van der Waals surface area contributed by atoms with E-state index in [-0.39, 0.29) is 11.9 Å². The van der Waals surface area contributed by atoms with Gasteiger partial charge in [-0.2, -0.15) is 0 Å². The molecular formula is C18H25ClN2O3. The summed E-state index contributed by atoms with van der Waals surface area (Å²) < 4.78 is 5.34. The van der Waals surface area contributed by atoms with Gasteiger partial charge in [-0.25, -0.2) is 0 Å². The highest BCUT2D eigenvalue weighted by Crippen LogP contribution is 2.23. The second-order valence-corrected chi connectivity index (χ2v) is 7.02. The van der Waals surface area contributed by atoms with Crippen molar-refractivity contribution in [3.63, 3.8) is 0 Å². The van der Waals surface area contributed by atoms with E-state index >= 15 is 0 Å². The molecule has 5 nitrogen and oxygen atoms in total. The Labute approximate surface area is 148 Å². The van der Waals surface area contributed by atoms with Crippen LogP contribution in [0.2, 0.25) is 5.02 Å². The van der Waals surface area contributed by atoms with Crippen molar-refractivity contribution in [1.82, 2.24) is 9.80 Å². The summed E-state index contributed by atoms with van der Waals surface area (Å²) in [7, 11) is 0. The zero-order chi connectivity index (χ0) is 16.9. The van der Waals surface area contributed by atoms with Crippen molar-refractivity contribution in [3.05, 3.63) is 34.9 Å². The molecule has 1 N–H and O–H groups in total. The molecule has 2 saturated heterocycles. The number of amides is 1. The van der Waals surface area contributed by atoms with E-state index < -0.39 is 6.10 Å². The van der Waals surface area contributed by atoms with Crippen LogP contribution in [0.25, 0.3) is 0 Å². The molecule has 0 bridgehead atoms. The first-order chi connectivity index (χ1) is 11.6. The lowest BCUT2D eigenvalue weighted by Crippen LogP contribution is -2.55. The van der Waals surface area contributed by atoms with Gasteiger partial charge >= 0.3 is 0 Å². The molecule has 6 heteroatoms. The second-order valence-electron chi connectivity index (χ2n) is 6.58. The van der Waals surface area contributed by atoms with Crippen molar-refractivity contribution in [1.29, 1.82) is 0 Å². The van der Waals surface area contributed by atoms with Crippen LogP contribution in [0.3, 0.4) is 0 Å². The molecular weight excluding hydrogens is 328 g/mol. The average molecular weight is 353 g/mol. The first kappa shape index (κ1) is 17.7. The third kappa shape index (κ3) is 4.48. The molecule has 0 unspecified atom stereocenters. The SMILES string of the molecule is O=C(CN1CCOCC1)N1CCC[C@H](O)[C@@H]1Cc1ccc(Cl)cc1. The summed E-state index contributed by atoms with van der Waals surface area (Å²) in [6, 6.07) is 7.48. The van der Waals surface area contributed by atoms with Gasteiger partial charge in [0.05, 0.1) is 31.9 Å². The standard InChI is InChI=1S/C18H25ClN2O3/c19-15-5-3-14(4-6-15)12-16-17(22)2-1-7-21(16)18(23)13-20-8-10-24-11-9-20/h3-6,16-17,22H,1-2,7-13H2/t16-,17-/m0/s1. The Bertz CT molecular complexity index is 546. The number of morpholine rings is 1. The number of hydrogen-bond acceptors (Lipinski definition) is 4. The number of likely N-dealkylation sites (tertiary alicyclic amines) is 1. The van der Waals surface area contributed by atoms with Gasteiger partial charge in [0, 0.05) is 24.7 Å². The van der Waals surface area contributed by atoms with Crippen LogP contribution in [0.1, 0.15) is 18.4 Å². The van der Waals surface area contributed by atoms with Crippen LogP contribution in [0, 0.1) is 0 Å². The van der Waals surface area contributed by atoms with Crippen molar-refractivity contribution in [2.45, 2.75) is 31.4 Å². The minimum absolute atomic E-state index is 0.106. The van der Waals surface area contributed by atoms with E-state index in [1.54, 1.807) is 0 Å². The van der Waals surface area contributed by atoms with Crippen molar-refractivity contribution in [2.24, 2.45) is 0 Å². The number of ether oxygens (including phenoxy) is 1. The largest absolute Gasteiger partial charge is 0.391 e. The lowest BCUT2D eigenvalue weighted by Gasteiger charge is -2.40. The molecule has 24 heavy (non-hydrogen) atoms. The number of halogens is 1. The normalized spacial score (nSPS) is 25.7. The third-order valence-electron chi connectivity index (χ3n) is 4.88. The lowest BCUT2D eigenvalue weighted by molar-refractivity contribution is -0.140. The molecule has 2 aliphatic heterocycles. The smallest absolute Gasteiger partial charge is 0.237 e. The van der Waals surface area contributed by atoms with Crippen molar-refractivity contribution >= 4 is 17.5 Å². The zero-order valence-electron chi connectivity index (χ0n) is 13.9. The maximum absolute atomic E-state index is 12.8. The molecule has 1 amide bonds. The minimum atomic E-state index is -0.469. The number of benzene rings is 1. The molecule has 1 aromatic rings. The predicted octanol–water partition coefficient (Wildman–Crippen LogP) is 1.57.